The summed E-state index contributed by atoms with van der Waals surface area (Å²) >= 11 is 0. The number of benzene rings is 1. The molecule has 2 aliphatic rings. The standard InChI is InChI=1S/C18H23FN2O3/c1-20-9-2-10-21(15-8-7-14(19)11-16(15)20)17(22)12-3-5-13(6-4-12)18(23)24/h7-8,11-13H,2-6,9-10H2,1H3,(H,23,24). The van der Waals surface area contributed by atoms with Gasteiger partial charge in [-0.3, -0.25) is 9.59 Å². The average Bonchev–Trinajstić information content (AvgIpc) is 2.73. The second-order valence-corrected chi connectivity index (χ2v) is 6.78. The molecule has 0 atom stereocenters. The van der Waals surface area contributed by atoms with Crippen LogP contribution in [-0.4, -0.2) is 37.1 Å². The Bertz CT molecular complexity index is 641. The molecule has 1 aliphatic heterocycles. The SMILES string of the molecule is CN1CCCN(C(=O)C2CCC(C(=O)O)CC2)c2ccc(F)cc21. The molecule has 1 heterocycles. The summed E-state index contributed by atoms with van der Waals surface area (Å²) < 4.78 is 13.6. The van der Waals surface area contributed by atoms with E-state index >= 15 is 0 Å². The number of anilines is 2. The Morgan fingerprint density at radius 1 is 1.08 bits per heavy atom. The van der Waals surface area contributed by atoms with Crippen molar-refractivity contribution >= 4 is 23.3 Å². The summed E-state index contributed by atoms with van der Waals surface area (Å²) in [6.45, 7) is 1.38. The van der Waals surface area contributed by atoms with Gasteiger partial charge in [0.15, 0.2) is 0 Å². The molecule has 0 aromatic heterocycles. The third-order valence-electron chi connectivity index (χ3n) is 5.21. The molecule has 6 heteroatoms. The maximum Gasteiger partial charge on any atom is 0.306 e. The first-order valence-electron chi connectivity index (χ1n) is 8.52. The van der Waals surface area contributed by atoms with E-state index in [1.54, 1.807) is 11.0 Å². The van der Waals surface area contributed by atoms with E-state index in [0.717, 1.165) is 24.3 Å². The lowest BCUT2D eigenvalue weighted by atomic mass is 9.81. The zero-order chi connectivity index (χ0) is 17.3. The van der Waals surface area contributed by atoms with Gasteiger partial charge < -0.3 is 14.9 Å². The van der Waals surface area contributed by atoms with Gasteiger partial charge in [-0.25, -0.2) is 4.39 Å². The number of carboxylic acid groups (broad SMARTS) is 1. The highest BCUT2D eigenvalue weighted by molar-refractivity contribution is 5.98. The van der Waals surface area contributed by atoms with E-state index in [2.05, 4.69) is 0 Å². The van der Waals surface area contributed by atoms with Crippen LogP contribution in [0, 0.1) is 17.7 Å². The molecule has 0 radical (unpaired) electrons. The first kappa shape index (κ1) is 16.7. The van der Waals surface area contributed by atoms with Gasteiger partial charge in [0.25, 0.3) is 0 Å². The molecule has 24 heavy (non-hydrogen) atoms. The van der Waals surface area contributed by atoms with Crippen LogP contribution in [0.25, 0.3) is 0 Å². The number of hydrogen-bond acceptors (Lipinski definition) is 3. The van der Waals surface area contributed by atoms with Gasteiger partial charge in [-0.15, -0.1) is 0 Å². The van der Waals surface area contributed by atoms with Crippen molar-refractivity contribution in [1.29, 1.82) is 0 Å². The predicted molar refractivity (Wildman–Crippen MR) is 89.7 cm³/mol. The van der Waals surface area contributed by atoms with Gasteiger partial charge in [0.1, 0.15) is 5.82 Å². The third kappa shape index (κ3) is 3.23. The molecule has 1 amide bonds. The van der Waals surface area contributed by atoms with E-state index in [0.29, 0.717) is 32.2 Å². The van der Waals surface area contributed by atoms with Crippen LogP contribution in [0.5, 0.6) is 0 Å². The summed E-state index contributed by atoms with van der Waals surface area (Å²) in [7, 11) is 1.91. The Hall–Kier alpha value is -2.11. The minimum Gasteiger partial charge on any atom is -0.481 e. The molecule has 1 fully saturated rings. The molecule has 1 aliphatic carbocycles. The first-order chi connectivity index (χ1) is 11.5. The van der Waals surface area contributed by atoms with Crippen molar-refractivity contribution in [3.63, 3.8) is 0 Å². The van der Waals surface area contributed by atoms with Crippen molar-refractivity contribution in [1.82, 2.24) is 0 Å². The van der Waals surface area contributed by atoms with Crippen molar-refractivity contribution < 1.29 is 19.1 Å². The van der Waals surface area contributed by atoms with E-state index in [1.165, 1.54) is 12.1 Å². The Labute approximate surface area is 141 Å². The number of fused-ring (bicyclic) bond motifs is 1. The van der Waals surface area contributed by atoms with Crippen LogP contribution in [0.4, 0.5) is 15.8 Å². The highest BCUT2D eigenvalue weighted by Gasteiger charge is 2.34. The zero-order valence-corrected chi connectivity index (χ0v) is 13.9. The van der Waals surface area contributed by atoms with Gasteiger partial charge >= 0.3 is 5.97 Å². The molecule has 0 unspecified atom stereocenters. The normalized spacial score (nSPS) is 24.2. The van der Waals surface area contributed by atoms with Crippen molar-refractivity contribution in [3.05, 3.63) is 24.0 Å². The molecule has 130 valence electrons. The molecule has 1 saturated carbocycles. The Kier molecular flexibility index (Phi) is 4.73. The van der Waals surface area contributed by atoms with Gasteiger partial charge in [0.2, 0.25) is 5.91 Å². The fraction of sp³-hybridized carbons (Fsp3) is 0.556. The monoisotopic (exact) mass is 334 g/mol. The quantitative estimate of drug-likeness (QED) is 0.903. The smallest absolute Gasteiger partial charge is 0.306 e. The second kappa shape index (κ2) is 6.79. The number of rotatable bonds is 2. The number of carbonyl (C=O) groups is 2. The highest BCUT2D eigenvalue weighted by Crippen LogP contribution is 2.36. The topological polar surface area (TPSA) is 60.9 Å². The van der Waals surface area contributed by atoms with Crippen LogP contribution in [0.15, 0.2) is 18.2 Å². The lowest BCUT2D eigenvalue weighted by Crippen LogP contribution is -2.39. The molecular formula is C18H23FN2O3. The summed E-state index contributed by atoms with van der Waals surface area (Å²) in [5.41, 5.74) is 1.49. The lowest BCUT2D eigenvalue weighted by Gasteiger charge is -2.31. The number of carboxylic acids is 1. The summed E-state index contributed by atoms with van der Waals surface area (Å²) in [5.74, 6) is -1.50. The molecule has 0 saturated heterocycles. The number of amides is 1. The molecule has 5 nitrogen and oxygen atoms in total. The van der Waals surface area contributed by atoms with Crippen molar-refractivity contribution in [3.8, 4) is 0 Å². The highest BCUT2D eigenvalue weighted by atomic mass is 19.1. The zero-order valence-electron chi connectivity index (χ0n) is 13.9. The van der Waals surface area contributed by atoms with Crippen LogP contribution in [0.1, 0.15) is 32.1 Å². The molecule has 0 spiro atoms. The van der Waals surface area contributed by atoms with E-state index in [-0.39, 0.29) is 23.6 Å². The third-order valence-corrected chi connectivity index (χ3v) is 5.21. The molecule has 1 N–H and O–H groups in total. The maximum absolute atomic E-state index is 13.6. The minimum absolute atomic E-state index is 0.0435. The van der Waals surface area contributed by atoms with Gasteiger partial charge in [-0.05, 0) is 50.3 Å². The van der Waals surface area contributed by atoms with Gasteiger partial charge in [0.05, 0.1) is 17.3 Å². The van der Waals surface area contributed by atoms with E-state index < -0.39 is 5.97 Å². The summed E-state index contributed by atoms with van der Waals surface area (Å²) in [5, 5.41) is 9.10. The maximum atomic E-state index is 13.6. The molecule has 1 aromatic rings. The van der Waals surface area contributed by atoms with Crippen molar-refractivity contribution in [2.75, 3.05) is 29.9 Å². The number of aliphatic carboxylic acids is 1. The minimum atomic E-state index is -0.766. The van der Waals surface area contributed by atoms with Gasteiger partial charge in [-0.2, -0.15) is 0 Å². The Morgan fingerprint density at radius 3 is 2.42 bits per heavy atom. The first-order valence-corrected chi connectivity index (χ1v) is 8.52. The number of halogens is 1. The van der Waals surface area contributed by atoms with Crippen LogP contribution in [0.2, 0.25) is 0 Å². The predicted octanol–water partition coefficient (Wildman–Crippen LogP) is 2.89. The molecule has 1 aromatic carbocycles. The largest absolute Gasteiger partial charge is 0.481 e. The van der Waals surface area contributed by atoms with E-state index in [4.69, 9.17) is 5.11 Å². The number of hydrogen-bond donors (Lipinski definition) is 1. The lowest BCUT2D eigenvalue weighted by molar-refractivity contribution is -0.144. The Morgan fingerprint density at radius 2 is 1.75 bits per heavy atom. The Balaban J connectivity index is 1.80. The van der Waals surface area contributed by atoms with Gasteiger partial charge in [-0.1, -0.05) is 0 Å². The molecular weight excluding hydrogens is 311 g/mol. The van der Waals surface area contributed by atoms with Crippen LogP contribution in [-0.2, 0) is 9.59 Å². The molecule has 3 rings (SSSR count). The number of carbonyl (C=O) groups excluding carboxylic acids is 1. The fourth-order valence-electron chi connectivity index (χ4n) is 3.77. The second-order valence-electron chi connectivity index (χ2n) is 6.78. The summed E-state index contributed by atoms with van der Waals surface area (Å²) in [6, 6.07) is 4.54. The number of nitrogens with zero attached hydrogens (tertiary/aromatic N) is 2. The summed E-state index contributed by atoms with van der Waals surface area (Å²) in [6.07, 6.45) is 3.14. The van der Waals surface area contributed by atoms with Crippen molar-refractivity contribution in [2.45, 2.75) is 32.1 Å². The molecule has 0 bridgehead atoms. The average molecular weight is 334 g/mol. The van der Waals surface area contributed by atoms with Crippen molar-refractivity contribution in [2.24, 2.45) is 11.8 Å². The van der Waals surface area contributed by atoms with E-state index in [1.807, 2.05) is 11.9 Å². The summed E-state index contributed by atoms with van der Waals surface area (Å²) in [4.78, 5) is 27.8. The van der Waals surface area contributed by atoms with Gasteiger partial charge in [0, 0.05) is 26.1 Å². The fourth-order valence-corrected chi connectivity index (χ4v) is 3.77. The van der Waals surface area contributed by atoms with Crippen LogP contribution < -0.4 is 9.80 Å². The van der Waals surface area contributed by atoms with E-state index in [9.17, 15) is 14.0 Å². The van der Waals surface area contributed by atoms with Crippen LogP contribution in [0.3, 0.4) is 0 Å². The van der Waals surface area contributed by atoms with Crippen LogP contribution >= 0.6 is 0 Å².